The van der Waals surface area contributed by atoms with Crippen LogP contribution in [0.4, 0.5) is 5.82 Å². The van der Waals surface area contributed by atoms with Gasteiger partial charge in [0.1, 0.15) is 5.82 Å². The number of carbonyl (C=O) groups is 1. The topological polar surface area (TPSA) is 76.9 Å². The van der Waals surface area contributed by atoms with Gasteiger partial charge < -0.3 is 9.88 Å². The minimum Gasteiger partial charge on any atom is -0.306 e. The number of benzene rings is 1. The van der Waals surface area contributed by atoms with Crippen LogP contribution < -0.4 is 11.0 Å². The fourth-order valence-electron chi connectivity index (χ4n) is 2.30. The number of amides is 1. The van der Waals surface area contributed by atoms with Crippen molar-refractivity contribution in [3.8, 4) is 0 Å². The minimum absolute atomic E-state index is 0.284. The summed E-state index contributed by atoms with van der Waals surface area (Å²) < 4.78 is 1.25. The highest BCUT2D eigenvalue weighted by Gasteiger charge is 2.09. The molecule has 0 fully saturated rings. The minimum atomic E-state index is -0.417. The van der Waals surface area contributed by atoms with Crippen molar-refractivity contribution in [1.29, 1.82) is 0 Å². The summed E-state index contributed by atoms with van der Waals surface area (Å²) in [7, 11) is 1.54. The lowest BCUT2D eigenvalue weighted by molar-refractivity contribution is 0.102. The van der Waals surface area contributed by atoms with Crippen LogP contribution in [0.15, 0.2) is 59.8 Å². The Morgan fingerprint density at radius 3 is 2.68 bits per heavy atom. The van der Waals surface area contributed by atoms with Crippen LogP contribution in [0.1, 0.15) is 21.5 Å². The van der Waals surface area contributed by atoms with E-state index >= 15 is 0 Å². The van der Waals surface area contributed by atoms with Crippen LogP contribution in [0.3, 0.4) is 0 Å². The number of halogens is 1. The summed E-state index contributed by atoms with van der Waals surface area (Å²) in [4.78, 5) is 31.3. The molecule has 3 rings (SSSR count). The van der Waals surface area contributed by atoms with Crippen LogP contribution in [-0.4, -0.2) is 20.4 Å². The Balaban J connectivity index is 1.68. The number of hydrogen-bond donors (Lipinski definition) is 1. The molecular formula is C18H15ClN4O2. The molecule has 0 aliphatic heterocycles. The molecule has 0 spiro atoms. The van der Waals surface area contributed by atoms with Crippen LogP contribution in [0.2, 0.25) is 5.02 Å². The molecule has 7 heteroatoms. The lowest BCUT2D eigenvalue weighted by atomic mass is 10.1. The smallest absolute Gasteiger partial charge is 0.306 e. The van der Waals surface area contributed by atoms with E-state index in [1.165, 1.54) is 24.0 Å². The lowest BCUT2D eigenvalue weighted by Crippen LogP contribution is -2.23. The summed E-state index contributed by atoms with van der Waals surface area (Å²) in [5.74, 6) is 0.0480. The van der Waals surface area contributed by atoms with Crippen LogP contribution in [0, 0.1) is 0 Å². The fourth-order valence-corrected chi connectivity index (χ4v) is 2.52. The van der Waals surface area contributed by atoms with Crippen LogP contribution in [0.5, 0.6) is 0 Å². The van der Waals surface area contributed by atoms with Gasteiger partial charge in [-0.15, -0.1) is 0 Å². The average molecular weight is 355 g/mol. The molecule has 0 saturated heterocycles. The predicted octanol–water partition coefficient (Wildman–Crippen LogP) is 2.67. The predicted molar refractivity (Wildman–Crippen MR) is 95.9 cm³/mol. The molecule has 1 aromatic carbocycles. The van der Waals surface area contributed by atoms with E-state index in [9.17, 15) is 9.59 Å². The number of nitrogens with one attached hydrogen (secondary N) is 1. The highest BCUT2D eigenvalue weighted by molar-refractivity contribution is 6.30. The van der Waals surface area contributed by atoms with Gasteiger partial charge in [0.25, 0.3) is 5.91 Å². The second kappa shape index (κ2) is 7.27. The highest BCUT2D eigenvalue weighted by atomic mass is 35.5. The molecule has 2 heterocycles. The summed E-state index contributed by atoms with van der Waals surface area (Å²) in [6, 6.07) is 11.3. The lowest BCUT2D eigenvalue weighted by Gasteiger charge is -2.07. The van der Waals surface area contributed by atoms with Gasteiger partial charge in [-0.2, -0.15) is 0 Å². The number of anilines is 1. The number of nitrogens with zero attached hydrogens (tertiary/aromatic N) is 3. The maximum absolute atomic E-state index is 12.2. The number of rotatable bonds is 4. The Bertz CT molecular complexity index is 967. The number of pyridine rings is 1. The number of aryl methyl sites for hydroxylation is 1. The van der Waals surface area contributed by atoms with Gasteiger partial charge in [-0.05, 0) is 35.7 Å². The molecule has 0 saturated carbocycles. The first kappa shape index (κ1) is 16.9. The molecule has 0 bridgehead atoms. The van der Waals surface area contributed by atoms with Gasteiger partial charge in [-0.25, -0.2) is 14.8 Å². The van der Waals surface area contributed by atoms with Crippen molar-refractivity contribution in [3.05, 3.63) is 87.2 Å². The largest absolute Gasteiger partial charge is 0.347 e. The van der Waals surface area contributed by atoms with Crippen LogP contribution in [0.25, 0.3) is 0 Å². The van der Waals surface area contributed by atoms with Crippen molar-refractivity contribution >= 4 is 23.3 Å². The van der Waals surface area contributed by atoms with E-state index in [1.54, 1.807) is 12.3 Å². The second-order valence-electron chi connectivity index (χ2n) is 5.55. The first-order valence-corrected chi connectivity index (χ1v) is 7.92. The van der Waals surface area contributed by atoms with E-state index in [4.69, 9.17) is 11.6 Å². The molecule has 0 radical (unpaired) electrons. The van der Waals surface area contributed by atoms with E-state index in [2.05, 4.69) is 15.3 Å². The Morgan fingerprint density at radius 2 is 2.00 bits per heavy atom. The van der Waals surface area contributed by atoms with E-state index in [1.807, 2.05) is 30.3 Å². The molecular weight excluding hydrogens is 340 g/mol. The van der Waals surface area contributed by atoms with Crippen molar-refractivity contribution in [2.45, 2.75) is 6.42 Å². The molecule has 2 aromatic heterocycles. The summed E-state index contributed by atoms with van der Waals surface area (Å²) >= 11 is 5.98. The van der Waals surface area contributed by atoms with Gasteiger partial charge in [-0.3, -0.25) is 4.79 Å². The quantitative estimate of drug-likeness (QED) is 0.781. The zero-order chi connectivity index (χ0) is 17.8. The number of hydrogen-bond acceptors (Lipinski definition) is 4. The highest BCUT2D eigenvalue weighted by Crippen LogP contribution is 2.15. The maximum atomic E-state index is 12.2. The monoisotopic (exact) mass is 354 g/mol. The standard InChI is InChI=1S/C18H15ClN4O2/c1-23-11-14(10-21-18(23)25)17(24)22-16-6-5-13(9-20-16)7-12-3-2-4-15(19)8-12/h2-6,8-11H,7H2,1H3,(H,20,22,24). The Kier molecular flexibility index (Phi) is 4.90. The third-order valence-corrected chi connectivity index (χ3v) is 3.81. The third-order valence-electron chi connectivity index (χ3n) is 3.57. The zero-order valence-corrected chi connectivity index (χ0v) is 14.2. The van der Waals surface area contributed by atoms with Gasteiger partial charge in [0.2, 0.25) is 0 Å². The van der Waals surface area contributed by atoms with Crippen LogP contribution in [-0.2, 0) is 13.5 Å². The van der Waals surface area contributed by atoms with E-state index in [0.717, 1.165) is 11.1 Å². The van der Waals surface area contributed by atoms with Gasteiger partial charge in [0.15, 0.2) is 0 Å². The van der Waals surface area contributed by atoms with E-state index < -0.39 is 5.69 Å². The first-order valence-electron chi connectivity index (χ1n) is 7.55. The fraction of sp³-hybridized carbons (Fsp3) is 0.111. The van der Waals surface area contributed by atoms with Crippen molar-refractivity contribution in [3.63, 3.8) is 0 Å². The average Bonchev–Trinajstić information content (AvgIpc) is 2.59. The molecule has 126 valence electrons. The zero-order valence-electron chi connectivity index (χ0n) is 13.4. The Morgan fingerprint density at radius 1 is 1.16 bits per heavy atom. The summed E-state index contributed by atoms with van der Waals surface area (Å²) in [5.41, 5.74) is 1.96. The number of carbonyl (C=O) groups excluding carboxylic acids is 1. The van der Waals surface area contributed by atoms with Crippen molar-refractivity contribution in [1.82, 2.24) is 14.5 Å². The Labute approximate surface area is 149 Å². The van der Waals surface area contributed by atoms with Crippen molar-refractivity contribution in [2.24, 2.45) is 7.05 Å². The molecule has 6 nitrogen and oxygen atoms in total. The molecule has 1 N–H and O–H groups in total. The van der Waals surface area contributed by atoms with E-state index in [0.29, 0.717) is 17.3 Å². The first-order chi connectivity index (χ1) is 12.0. The summed E-state index contributed by atoms with van der Waals surface area (Å²) in [5, 5.41) is 3.37. The van der Waals surface area contributed by atoms with Crippen molar-refractivity contribution in [2.75, 3.05) is 5.32 Å². The maximum Gasteiger partial charge on any atom is 0.347 e. The second-order valence-corrected chi connectivity index (χ2v) is 5.99. The van der Waals surface area contributed by atoms with Crippen LogP contribution >= 0.6 is 11.6 Å². The summed E-state index contributed by atoms with van der Waals surface area (Å²) in [6.45, 7) is 0. The molecule has 0 aliphatic rings. The van der Waals surface area contributed by atoms with Gasteiger partial charge in [0, 0.05) is 30.7 Å². The molecule has 1 amide bonds. The molecule has 0 aliphatic carbocycles. The van der Waals surface area contributed by atoms with E-state index in [-0.39, 0.29) is 11.5 Å². The van der Waals surface area contributed by atoms with Crippen molar-refractivity contribution < 1.29 is 4.79 Å². The summed E-state index contributed by atoms with van der Waals surface area (Å²) in [6.07, 6.45) is 5.07. The van der Waals surface area contributed by atoms with Gasteiger partial charge in [-0.1, -0.05) is 29.8 Å². The molecule has 0 atom stereocenters. The third kappa shape index (κ3) is 4.30. The molecule has 0 unspecified atom stereocenters. The molecule has 3 aromatic rings. The normalized spacial score (nSPS) is 10.5. The molecule has 25 heavy (non-hydrogen) atoms. The van der Waals surface area contributed by atoms with Gasteiger partial charge in [0.05, 0.1) is 5.56 Å². The Hall–Kier alpha value is -2.99. The SMILES string of the molecule is Cn1cc(C(=O)Nc2ccc(Cc3cccc(Cl)c3)cn2)cnc1=O. The number of aromatic nitrogens is 3. The van der Waals surface area contributed by atoms with Gasteiger partial charge >= 0.3 is 5.69 Å².